The molecule has 0 saturated carbocycles. The molecule has 0 saturated heterocycles. The van der Waals surface area contributed by atoms with Crippen LogP contribution in [0.25, 0.3) is 5.65 Å². The van der Waals surface area contributed by atoms with Gasteiger partial charge in [0.2, 0.25) is 0 Å². The number of nitrogens with two attached hydrogens (primary N) is 1. The summed E-state index contributed by atoms with van der Waals surface area (Å²) in [5, 5.41) is 0.665. The first-order valence-electron chi connectivity index (χ1n) is 6.23. The number of hydrogen-bond donors (Lipinski definition) is 1. The van der Waals surface area contributed by atoms with E-state index in [0.29, 0.717) is 23.1 Å². The second-order valence-electron chi connectivity index (χ2n) is 4.22. The van der Waals surface area contributed by atoms with E-state index in [-0.39, 0.29) is 5.97 Å². The first-order valence-corrected chi connectivity index (χ1v) is 7.76. The quantitative estimate of drug-likeness (QED) is 0.827. The Kier molecular flexibility index (Phi) is 5.28. The second kappa shape index (κ2) is 6.97. The van der Waals surface area contributed by atoms with Crippen LogP contribution in [0.1, 0.15) is 12.6 Å². The summed E-state index contributed by atoms with van der Waals surface area (Å²) >= 11 is 7.47. The van der Waals surface area contributed by atoms with Crippen LogP contribution in [0, 0.1) is 0 Å². The summed E-state index contributed by atoms with van der Waals surface area (Å²) in [6.45, 7) is 2.12. The molecule has 2 aromatic rings. The summed E-state index contributed by atoms with van der Waals surface area (Å²) in [6, 6.07) is 3.07. The van der Waals surface area contributed by atoms with Crippen LogP contribution >= 0.6 is 23.4 Å². The highest BCUT2D eigenvalue weighted by Gasteiger charge is 2.14. The lowest BCUT2D eigenvalue weighted by molar-refractivity contribution is -0.144. The molecule has 0 aromatic carbocycles. The molecule has 20 heavy (non-hydrogen) atoms. The van der Waals surface area contributed by atoms with Gasteiger partial charge in [0, 0.05) is 23.9 Å². The Labute approximate surface area is 126 Å². The van der Waals surface area contributed by atoms with Crippen molar-refractivity contribution >= 4 is 35.0 Å². The second-order valence-corrected chi connectivity index (χ2v) is 5.69. The molecular weight excluding hydrogens is 298 g/mol. The van der Waals surface area contributed by atoms with Gasteiger partial charge in [-0.15, -0.1) is 0 Å². The summed E-state index contributed by atoms with van der Waals surface area (Å²) in [4.78, 5) is 15.8. The van der Waals surface area contributed by atoms with Crippen molar-refractivity contribution < 1.29 is 9.53 Å². The third kappa shape index (κ3) is 3.88. The van der Waals surface area contributed by atoms with Gasteiger partial charge < -0.3 is 14.9 Å². The molecule has 0 aliphatic carbocycles. The van der Waals surface area contributed by atoms with Crippen LogP contribution in [-0.2, 0) is 15.3 Å². The zero-order chi connectivity index (χ0) is 14.5. The van der Waals surface area contributed by atoms with E-state index in [1.807, 2.05) is 22.9 Å². The molecule has 1 unspecified atom stereocenters. The molecule has 0 bridgehead atoms. The maximum absolute atomic E-state index is 11.4. The molecule has 0 aliphatic rings. The van der Waals surface area contributed by atoms with Crippen molar-refractivity contribution in [3.05, 3.63) is 35.2 Å². The van der Waals surface area contributed by atoms with Crippen LogP contribution in [0.5, 0.6) is 0 Å². The Morgan fingerprint density at radius 1 is 1.55 bits per heavy atom. The number of thioether (sulfide) groups is 1. The average Bonchev–Trinajstić information content (AvgIpc) is 2.80. The normalized spacial score (nSPS) is 12.6. The van der Waals surface area contributed by atoms with Gasteiger partial charge in [-0.1, -0.05) is 11.6 Å². The summed E-state index contributed by atoms with van der Waals surface area (Å²) in [7, 11) is 0. The monoisotopic (exact) mass is 313 g/mol. The van der Waals surface area contributed by atoms with Gasteiger partial charge in [0.05, 0.1) is 17.3 Å². The van der Waals surface area contributed by atoms with Crippen LogP contribution in [0.2, 0.25) is 5.02 Å². The van der Waals surface area contributed by atoms with Gasteiger partial charge in [-0.3, -0.25) is 4.79 Å². The third-order valence-electron chi connectivity index (χ3n) is 2.60. The van der Waals surface area contributed by atoms with Crippen LogP contribution in [-0.4, -0.2) is 33.8 Å². The van der Waals surface area contributed by atoms with E-state index in [9.17, 15) is 4.79 Å². The fraction of sp³-hybridized carbons (Fsp3) is 0.385. The summed E-state index contributed by atoms with van der Waals surface area (Å²) in [5.41, 5.74) is 7.50. The highest BCUT2D eigenvalue weighted by Crippen LogP contribution is 2.16. The molecule has 2 aromatic heterocycles. The van der Waals surface area contributed by atoms with Crippen LogP contribution in [0.4, 0.5) is 0 Å². The Morgan fingerprint density at radius 2 is 2.35 bits per heavy atom. The van der Waals surface area contributed by atoms with E-state index >= 15 is 0 Å². The molecule has 1 atom stereocenters. The molecule has 5 nitrogen and oxygen atoms in total. The van der Waals surface area contributed by atoms with Gasteiger partial charge in [0.15, 0.2) is 0 Å². The van der Waals surface area contributed by atoms with Gasteiger partial charge in [-0.05, 0) is 19.1 Å². The zero-order valence-electron chi connectivity index (χ0n) is 11.1. The minimum absolute atomic E-state index is 0.352. The number of pyridine rings is 1. The Morgan fingerprint density at radius 3 is 3.10 bits per heavy atom. The molecule has 2 N–H and O–H groups in total. The Balaban J connectivity index is 1.88. The first kappa shape index (κ1) is 15.2. The topological polar surface area (TPSA) is 69.6 Å². The lowest BCUT2D eigenvalue weighted by atomic mass is 10.4. The zero-order valence-corrected chi connectivity index (χ0v) is 12.7. The number of carbonyl (C=O) groups excluding carboxylic acids is 1. The van der Waals surface area contributed by atoms with Crippen LogP contribution in [0.3, 0.4) is 0 Å². The molecule has 7 heteroatoms. The first-order chi connectivity index (χ1) is 9.60. The van der Waals surface area contributed by atoms with Gasteiger partial charge in [-0.2, -0.15) is 11.8 Å². The van der Waals surface area contributed by atoms with Crippen molar-refractivity contribution in [2.45, 2.75) is 18.7 Å². The van der Waals surface area contributed by atoms with Gasteiger partial charge >= 0.3 is 5.97 Å². The minimum Gasteiger partial charge on any atom is -0.465 e. The molecule has 108 valence electrons. The van der Waals surface area contributed by atoms with Crippen LogP contribution < -0.4 is 5.73 Å². The molecule has 0 aliphatic heterocycles. The molecule has 2 heterocycles. The summed E-state index contributed by atoms with van der Waals surface area (Å²) in [5.74, 6) is 0.835. The van der Waals surface area contributed by atoms with E-state index in [1.165, 1.54) is 0 Å². The minimum atomic E-state index is -0.591. The number of halogens is 1. The van der Waals surface area contributed by atoms with Gasteiger partial charge in [0.25, 0.3) is 0 Å². The predicted molar refractivity (Wildman–Crippen MR) is 81.0 cm³/mol. The van der Waals surface area contributed by atoms with Crippen molar-refractivity contribution in [1.82, 2.24) is 9.38 Å². The molecule has 0 radical (unpaired) electrons. The maximum Gasteiger partial charge on any atom is 0.323 e. The molecule has 0 amide bonds. The van der Waals surface area contributed by atoms with Crippen molar-refractivity contribution in [2.24, 2.45) is 5.73 Å². The standard InChI is InChI=1S/C13H16ClN3O2S/c1-2-19-13(18)11(15)8-20-7-10-6-17-5-9(14)3-4-12(17)16-10/h3-6,11H,2,7-8,15H2,1H3. The largest absolute Gasteiger partial charge is 0.465 e. The Bertz CT molecular complexity index is 602. The van der Waals surface area contributed by atoms with Crippen molar-refractivity contribution in [3.63, 3.8) is 0 Å². The van der Waals surface area contributed by atoms with E-state index in [0.717, 1.165) is 11.3 Å². The number of fused-ring (bicyclic) bond motifs is 1. The van der Waals surface area contributed by atoms with E-state index < -0.39 is 6.04 Å². The Hall–Kier alpha value is -1.24. The third-order valence-corrected chi connectivity index (χ3v) is 3.92. The lowest BCUT2D eigenvalue weighted by Gasteiger charge is -2.09. The highest BCUT2D eigenvalue weighted by atomic mass is 35.5. The molecule has 2 rings (SSSR count). The number of carbonyl (C=O) groups is 1. The highest BCUT2D eigenvalue weighted by molar-refractivity contribution is 7.98. The maximum atomic E-state index is 11.4. The van der Waals surface area contributed by atoms with Gasteiger partial charge in [0.1, 0.15) is 11.7 Å². The number of hydrogen-bond acceptors (Lipinski definition) is 5. The van der Waals surface area contributed by atoms with Crippen molar-refractivity contribution in [1.29, 1.82) is 0 Å². The number of imidazole rings is 1. The predicted octanol–water partition coefficient (Wildman–Crippen LogP) is 2.11. The van der Waals surface area contributed by atoms with Gasteiger partial charge in [-0.25, -0.2) is 4.98 Å². The number of aromatic nitrogens is 2. The number of ether oxygens (including phenoxy) is 1. The smallest absolute Gasteiger partial charge is 0.323 e. The van der Waals surface area contributed by atoms with Crippen LogP contribution in [0.15, 0.2) is 24.5 Å². The van der Waals surface area contributed by atoms with E-state index in [2.05, 4.69) is 4.98 Å². The lowest BCUT2D eigenvalue weighted by Crippen LogP contribution is -2.34. The fourth-order valence-electron chi connectivity index (χ4n) is 1.69. The number of rotatable bonds is 6. The number of nitrogens with zero attached hydrogens (tertiary/aromatic N) is 2. The average molecular weight is 314 g/mol. The fourth-order valence-corrected chi connectivity index (χ4v) is 2.72. The molecular formula is C13H16ClN3O2S. The van der Waals surface area contributed by atoms with Crippen molar-refractivity contribution in [2.75, 3.05) is 12.4 Å². The molecule has 0 fully saturated rings. The summed E-state index contributed by atoms with van der Waals surface area (Å²) < 4.78 is 6.73. The van der Waals surface area contributed by atoms with E-state index in [1.54, 1.807) is 24.8 Å². The van der Waals surface area contributed by atoms with E-state index in [4.69, 9.17) is 22.1 Å². The number of esters is 1. The molecule has 0 spiro atoms. The van der Waals surface area contributed by atoms with Crippen molar-refractivity contribution in [3.8, 4) is 0 Å². The SMILES string of the molecule is CCOC(=O)C(N)CSCc1cn2cc(Cl)ccc2n1. The summed E-state index contributed by atoms with van der Waals surface area (Å²) in [6.07, 6.45) is 3.73.